The van der Waals surface area contributed by atoms with Gasteiger partial charge >= 0.3 is 6.09 Å². The number of halogens is 1. The summed E-state index contributed by atoms with van der Waals surface area (Å²) in [5, 5.41) is 9.77. The van der Waals surface area contributed by atoms with Gasteiger partial charge < -0.3 is 10.0 Å². The van der Waals surface area contributed by atoms with Gasteiger partial charge in [0.1, 0.15) is 0 Å². The summed E-state index contributed by atoms with van der Waals surface area (Å²) < 4.78 is 0. The van der Waals surface area contributed by atoms with Crippen LogP contribution in [-0.4, -0.2) is 53.2 Å². The van der Waals surface area contributed by atoms with Gasteiger partial charge in [-0.15, -0.1) is 6.42 Å². The standard InChI is InChI=1S/C17H19ClN2O2/c1-2-16(19-6-8-20(9-7-19)17(21)22)15-11-14(15)12-4-3-5-13(18)10-12/h1,3-5,10,14-16H,6-9,11H2,(H,21,22). The zero-order chi connectivity index (χ0) is 15.7. The Morgan fingerprint density at radius 3 is 2.68 bits per heavy atom. The second kappa shape index (κ2) is 6.20. The molecule has 1 aliphatic heterocycles. The number of rotatable bonds is 3. The topological polar surface area (TPSA) is 43.8 Å². The molecule has 3 rings (SSSR count). The predicted molar refractivity (Wildman–Crippen MR) is 86.1 cm³/mol. The SMILES string of the molecule is C#CC(C1CC1c1cccc(Cl)c1)N1CCN(C(=O)O)CC1. The van der Waals surface area contributed by atoms with E-state index in [1.807, 2.05) is 18.2 Å². The molecule has 1 saturated heterocycles. The lowest BCUT2D eigenvalue weighted by Crippen LogP contribution is -2.52. The zero-order valence-electron chi connectivity index (χ0n) is 12.3. The first kappa shape index (κ1) is 15.2. The van der Waals surface area contributed by atoms with Crippen LogP contribution in [0.15, 0.2) is 24.3 Å². The molecule has 4 nitrogen and oxygen atoms in total. The molecule has 0 radical (unpaired) electrons. The Kier molecular flexibility index (Phi) is 4.28. The molecule has 0 aromatic heterocycles. The van der Waals surface area contributed by atoms with Crippen LogP contribution in [0.4, 0.5) is 4.79 Å². The molecular weight excluding hydrogens is 300 g/mol. The third kappa shape index (κ3) is 3.06. The summed E-state index contributed by atoms with van der Waals surface area (Å²) in [6.45, 7) is 2.48. The highest BCUT2D eigenvalue weighted by Crippen LogP contribution is 2.51. The smallest absolute Gasteiger partial charge is 0.407 e. The van der Waals surface area contributed by atoms with E-state index in [-0.39, 0.29) is 6.04 Å². The monoisotopic (exact) mass is 318 g/mol. The molecule has 5 heteroatoms. The van der Waals surface area contributed by atoms with Crippen LogP contribution >= 0.6 is 11.6 Å². The molecule has 22 heavy (non-hydrogen) atoms. The molecule has 1 heterocycles. The van der Waals surface area contributed by atoms with Gasteiger partial charge in [0.25, 0.3) is 0 Å². The molecule has 1 aromatic carbocycles. The van der Waals surface area contributed by atoms with E-state index in [9.17, 15) is 4.79 Å². The predicted octanol–water partition coefficient (Wildman–Crippen LogP) is 2.74. The number of terminal acetylenes is 1. The van der Waals surface area contributed by atoms with Crippen molar-refractivity contribution in [2.45, 2.75) is 18.4 Å². The number of piperazine rings is 1. The highest BCUT2D eigenvalue weighted by Gasteiger charge is 2.46. The Balaban J connectivity index is 1.62. The highest BCUT2D eigenvalue weighted by molar-refractivity contribution is 6.30. The number of carboxylic acid groups (broad SMARTS) is 1. The van der Waals surface area contributed by atoms with E-state index in [0.717, 1.165) is 11.4 Å². The van der Waals surface area contributed by atoms with Crippen LogP contribution in [0, 0.1) is 18.3 Å². The quantitative estimate of drug-likeness (QED) is 0.872. The fourth-order valence-electron chi connectivity index (χ4n) is 3.38. The first-order valence-electron chi connectivity index (χ1n) is 7.53. The third-order valence-electron chi connectivity index (χ3n) is 4.67. The van der Waals surface area contributed by atoms with E-state index in [1.165, 1.54) is 10.5 Å². The Morgan fingerprint density at radius 2 is 2.09 bits per heavy atom. The Labute approximate surface area is 135 Å². The maximum absolute atomic E-state index is 11.0. The van der Waals surface area contributed by atoms with Crippen LogP contribution in [0.25, 0.3) is 0 Å². The second-order valence-corrected chi connectivity index (χ2v) is 6.41. The average molecular weight is 319 g/mol. The fourth-order valence-corrected chi connectivity index (χ4v) is 3.57. The molecule has 1 amide bonds. The molecular formula is C17H19ClN2O2. The van der Waals surface area contributed by atoms with Crippen LogP contribution in [0.1, 0.15) is 17.9 Å². The summed E-state index contributed by atoms with van der Waals surface area (Å²) in [6, 6.07) is 8.06. The van der Waals surface area contributed by atoms with Crippen LogP contribution in [0.5, 0.6) is 0 Å². The summed E-state index contributed by atoms with van der Waals surface area (Å²) in [6.07, 6.45) is 5.99. The summed E-state index contributed by atoms with van der Waals surface area (Å²) in [5.74, 6) is 3.83. The van der Waals surface area contributed by atoms with Gasteiger partial charge in [-0.25, -0.2) is 4.79 Å². The molecule has 3 unspecified atom stereocenters. The van der Waals surface area contributed by atoms with Crippen molar-refractivity contribution in [3.63, 3.8) is 0 Å². The average Bonchev–Trinajstić information content (AvgIpc) is 3.29. The van der Waals surface area contributed by atoms with Gasteiger partial charge in [0.15, 0.2) is 0 Å². The van der Waals surface area contributed by atoms with Crippen molar-refractivity contribution in [2.75, 3.05) is 26.2 Å². The molecule has 1 aromatic rings. The van der Waals surface area contributed by atoms with Gasteiger partial charge in [-0.1, -0.05) is 29.7 Å². The minimum atomic E-state index is -0.847. The van der Waals surface area contributed by atoms with E-state index in [4.69, 9.17) is 23.1 Å². The maximum Gasteiger partial charge on any atom is 0.407 e. The molecule has 2 fully saturated rings. The minimum absolute atomic E-state index is 0.0833. The maximum atomic E-state index is 11.0. The van der Waals surface area contributed by atoms with Crippen molar-refractivity contribution in [3.8, 4) is 12.3 Å². The largest absolute Gasteiger partial charge is 0.465 e. The Bertz CT molecular complexity index is 605. The van der Waals surface area contributed by atoms with E-state index < -0.39 is 6.09 Å². The summed E-state index contributed by atoms with van der Waals surface area (Å²) in [5.41, 5.74) is 1.25. The van der Waals surface area contributed by atoms with Crippen LogP contribution in [0.2, 0.25) is 5.02 Å². The number of hydrogen-bond acceptors (Lipinski definition) is 2. The molecule has 0 spiro atoms. The summed E-state index contributed by atoms with van der Waals surface area (Å²) in [4.78, 5) is 14.7. The molecule has 1 aliphatic carbocycles. The van der Waals surface area contributed by atoms with Gasteiger partial charge in [-0.3, -0.25) is 4.90 Å². The third-order valence-corrected chi connectivity index (χ3v) is 4.91. The van der Waals surface area contributed by atoms with Crippen molar-refractivity contribution >= 4 is 17.7 Å². The first-order chi connectivity index (χ1) is 10.6. The second-order valence-electron chi connectivity index (χ2n) is 5.98. The van der Waals surface area contributed by atoms with Crippen molar-refractivity contribution < 1.29 is 9.90 Å². The lowest BCUT2D eigenvalue weighted by molar-refractivity contribution is 0.0918. The van der Waals surface area contributed by atoms with Crippen molar-refractivity contribution in [1.29, 1.82) is 0 Å². The van der Waals surface area contributed by atoms with Gasteiger partial charge in [-0.2, -0.15) is 0 Å². The van der Waals surface area contributed by atoms with Gasteiger partial charge in [0.05, 0.1) is 6.04 Å². The van der Waals surface area contributed by atoms with Crippen LogP contribution in [-0.2, 0) is 0 Å². The lowest BCUT2D eigenvalue weighted by atomic mass is 10.0. The molecule has 3 atom stereocenters. The summed E-state index contributed by atoms with van der Waals surface area (Å²) in [7, 11) is 0. The van der Waals surface area contributed by atoms with E-state index >= 15 is 0 Å². The summed E-state index contributed by atoms with van der Waals surface area (Å²) >= 11 is 6.06. The number of amides is 1. The number of benzene rings is 1. The lowest BCUT2D eigenvalue weighted by Gasteiger charge is -2.36. The van der Waals surface area contributed by atoms with Crippen molar-refractivity contribution in [2.24, 2.45) is 5.92 Å². The Morgan fingerprint density at radius 1 is 1.36 bits per heavy atom. The first-order valence-corrected chi connectivity index (χ1v) is 7.91. The number of nitrogens with zero attached hydrogens (tertiary/aromatic N) is 2. The Hall–Kier alpha value is -1.70. The molecule has 116 valence electrons. The normalized spacial score (nSPS) is 26.3. The van der Waals surface area contributed by atoms with Crippen LogP contribution < -0.4 is 0 Å². The van der Waals surface area contributed by atoms with Gasteiger partial charge in [0.2, 0.25) is 0 Å². The molecule has 2 aliphatic rings. The van der Waals surface area contributed by atoms with Crippen molar-refractivity contribution in [3.05, 3.63) is 34.9 Å². The van der Waals surface area contributed by atoms with Gasteiger partial charge in [-0.05, 0) is 36.0 Å². The van der Waals surface area contributed by atoms with E-state index in [0.29, 0.717) is 38.0 Å². The van der Waals surface area contributed by atoms with Crippen LogP contribution in [0.3, 0.4) is 0 Å². The zero-order valence-corrected chi connectivity index (χ0v) is 13.0. The molecule has 0 bridgehead atoms. The van der Waals surface area contributed by atoms with E-state index in [1.54, 1.807) is 0 Å². The van der Waals surface area contributed by atoms with E-state index in [2.05, 4.69) is 16.9 Å². The van der Waals surface area contributed by atoms with Crippen molar-refractivity contribution in [1.82, 2.24) is 9.80 Å². The van der Waals surface area contributed by atoms with Gasteiger partial charge in [0, 0.05) is 31.2 Å². The molecule has 1 saturated carbocycles. The number of carbonyl (C=O) groups is 1. The number of hydrogen-bond donors (Lipinski definition) is 1. The fraction of sp³-hybridized carbons (Fsp3) is 0.471. The highest BCUT2D eigenvalue weighted by atomic mass is 35.5. The molecule has 1 N–H and O–H groups in total. The minimum Gasteiger partial charge on any atom is -0.465 e.